The number of cyclic esters (lactones) is 1. The molecule has 1 aromatic carbocycles. The first-order chi connectivity index (χ1) is 12.3. The summed E-state index contributed by atoms with van der Waals surface area (Å²) in [7, 11) is 0. The van der Waals surface area contributed by atoms with Gasteiger partial charge in [0, 0.05) is 30.9 Å². The number of benzene rings is 1. The minimum absolute atomic E-state index is 0.00434. The maximum Gasteiger partial charge on any atom is 0.342 e. The molecular formula is C18H19ClO7. The smallest absolute Gasteiger partial charge is 0.342 e. The molecule has 0 amide bonds. The average molecular weight is 383 g/mol. The SMILES string of the molecule is C[C@@H]1C[C@H](O)[C@@H]2C=C[C@H](CC(=O)Cc3c(Cl)c(O)cc(O)c3C(=O)O1)O2. The largest absolute Gasteiger partial charge is 0.507 e. The quantitative estimate of drug-likeness (QED) is 0.463. The van der Waals surface area contributed by atoms with Crippen LogP contribution in [0.25, 0.3) is 0 Å². The molecule has 0 saturated heterocycles. The van der Waals surface area contributed by atoms with Gasteiger partial charge in [-0.1, -0.05) is 23.8 Å². The molecule has 26 heavy (non-hydrogen) atoms. The summed E-state index contributed by atoms with van der Waals surface area (Å²) in [5.41, 5.74) is -0.256. The van der Waals surface area contributed by atoms with E-state index in [1.807, 2.05) is 0 Å². The number of esters is 1. The summed E-state index contributed by atoms with van der Waals surface area (Å²) in [6.07, 6.45) is 0.565. The number of phenols is 2. The standard InChI is InChI=1S/C18H19ClO7/c1-8-4-12(21)15-3-2-10(26-15)5-9(20)6-11-16(18(24)25-8)13(22)7-14(23)17(11)19/h2-3,7-8,10,12,15,21-23H,4-6H2,1H3/t8-,10-,12+,15+/m1/s1. The predicted molar refractivity (Wildman–Crippen MR) is 91.4 cm³/mol. The fourth-order valence-electron chi connectivity index (χ4n) is 3.20. The van der Waals surface area contributed by atoms with Gasteiger partial charge in [-0.2, -0.15) is 0 Å². The minimum atomic E-state index is -0.911. The second kappa shape index (κ2) is 7.26. The average Bonchev–Trinajstić information content (AvgIpc) is 2.99. The molecule has 0 aliphatic carbocycles. The Labute approximate surface area is 154 Å². The molecule has 8 heteroatoms. The topological polar surface area (TPSA) is 113 Å². The summed E-state index contributed by atoms with van der Waals surface area (Å²) >= 11 is 6.07. The number of phenolic OH excluding ortho intramolecular Hbond substituents is 2. The number of ketones is 1. The summed E-state index contributed by atoms with van der Waals surface area (Å²) in [6.45, 7) is 1.60. The van der Waals surface area contributed by atoms with Crippen LogP contribution >= 0.6 is 11.6 Å². The lowest BCUT2D eigenvalue weighted by molar-refractivity contribution is -0.121. The van der Waals surface area contributed by atoms with Crippen molar-refractivity contribution in [2.24, 2.45) is 0 Å². The van der Waals surface area contributed by atoms with Gasteiger partial charge in [-0.05, 0) is 6.92 Å². The molecule has 2 bridgehead atoms. The Balaban J connectivity index is 2.02. The molecule has 0 saturated carbocycles. The molecule has 140 valence electrons. The first-order valence-electron chi connectivity index (χ1n) is 8.24. The van der Waals surface area contributed by atoms with Crippen LogP contribution in [0.2, 0.25) is 5.02 Å². The highest BCUT2D eigenvalue weighted by atomic mass is 35.5. The van der Waals surface area contributed by atoms with E-state index < -0.39 is 41.9 Å². The van der Waals surface area contributed by atoms with E-state index in [4.69, 9.17) is 21.1 Å². The van der Waals surface area contributed by atoms with E-state index in [-0.39, 0.29) is 41.2 Å². The Kier molecular flexibility index (Phi) is 5.22. The van der Waals surface area contributed by atoms with Crippen molar-refractivity contribution in [1.82, 2.24) is 0 Å². The third-order valence-corrected chi connectivity index (χ3v) is 4.86. The number of rotatable bonds is 0. The number of carbonyl (C=O) groups excluding carboxylic acids is 2. The molecule has 2 heterocycles. The van der Waals surface area contributed by atoms with Gasteiger partial charge in [0.05, 0.1) is 17.2 Å². The van der Waals surface area contributed by atoms with E-state index in [1.165, 1.54) is 0 Å². The monoisotopic (exact) mass is 382 g/mol. The number of aromatic hydroxyl groups is 2. The predicted octanol–water partition coefficient (Wildman–Crippen LogP) is 1.89. The number of Topliss-reactive ketones (excluding diaryl/α,β-unsaturated/α-hetero) is 1. The Bertz CT molecular complexity index is 773. The highest BCUT2D eigenvalue weighted by Gasteiger charge is 2.32. The number of ether oxygens (including phenoxy) is 2. The van der Waals surface area contributed by atoms with Crippen molar-refractivity contribution in [3.63, 3.8) is 0 Å². The van der Waals surface area contributed by atoms with Crippen LogP contribution in [-0.4, -0.2) is 51.5 Å². The molecule has 3 N–H and O–H groups in total. The van der Waals surface area contributed by atoms with Gasteiger partial charge >= 0.3 is 5.97 Å². The zero-order valence-corrected chi connectivity index (χ0v) is 14.8. The van der Waals surface area contributed by atoms with Crippen molar-refractivity contribution in [2.45, 2.75) is 50.6 Å². The molecule has 0 aromatic heterocycles. The second-order valence-corrected chi connectivity index (χ2v) is 6.92. The summed E-state index contributed by atoms with van der Waals surface area (Å²) < 4.78 is 10.9. The van der Waals surface area contributed by atoms with E-state index in [9.17, 15) is 24.9 Å². The molecular weight excluding hydrogens is 364 g/mol. The van der Waals surface area contributed by atoms with Crippen molar-refractivity contribution in [3.05, 3.63) is 34.4 Å². The van der Waals surface area contributed by atoms with Gasteiger partial charge < -0.3 is 24.8 Å². The first-order valence-corrected chi connectivity index (χ1v) is 8.62. The highest BCUT2D eigenvalue weighted by Crippen LogP contribution is 2.37. The number of hydrogen-bond donors (Lipinski definition) is 3. The van der Waals surface area contributed by atoms with Crippen molar-refractivity contribution < 1.29 is 34.4 Å². The van der Waals surface area contributed by atoms with Crippen LogP contribution in [0.5, 0.6) is 11.5 Å². The van der Waals surface area contributed by atoms with Gasteiger partial charge in [0.25, 0.3) is 0 Å². The van der Waals surface area contributed by atoms with Crippen LogP contribution in [0.3, 0.4) is 0 Å². The minimum Gasteiger partial charge on any atom is -0.507 e. The summed E-state index contributed by atoms with van der Waals surface area (Å²) in [5.74, 6) is -2.15. The molecule has 0 radical (unpaired) electrons. The third-order valence-electron chi connectivity index (χ3n) is 4.44. The maximum atomic E-state index is 12.5. The van der Waals surface area contributed by atoms with Gasteiger partial charge in [-0.15, -0.1) is 0 Å². The Morgan fingerprint density at radius 2 is 1.92 bits per heavy atom. The lowest BCUT2D eigenvalue weighted by Gasteiger charge is -2.22. The number of halogens is 1. The molecule has 3 rings (SSSR count). The fourth-order valence-corrected chi connectivity index (χ4v) is 3.41. The van der Waals surface area contributed by atoms with Crippen LogP contribution in [0, 0.1) is 0 Å². The maximum absolute atomic E-state index is 12.5. The van der Waals surface area contributed by atoms with Crippen LogP contribution in [-0.2, 0) is 20.7 Å². The Morgan fingerprint density at radius 3 is 2.65 bits per heavy atom. The van der Waals surface area contributed by atoms with Crippen molar-refractivity contribution in [3.8, 4) is 11.5 Å². The second-order valence-electron chi connectivity index (χ2n) is 6.54. The molecule has 0 fully saturated rings. The van der Waals surface area contributed by atoms with E-state index in [0.717, 1.165) is 6.07 Å². The summed E-state index contributed by atoms with van der Waals surface area (Å²) in [6, 6.07) is 0.929. The molecule has 0 unspecified atom stereocenters. The number of aliphatic hydroxyl groups is 1. The number of carbonyl (C=O) groups is 2. The van der Waals surface area contributed by atoms with Crippen molar-refractivity contribution >= 4 is 23.4 Å². The van der Waals surface area contributed by atoms with Crippen LogP contribution in [0.1, 0.15) is 35.7 Å². The van der Waals surface area contributed by atoms with Gasteiger partial charge in [0.1, 0.15) is 35.1 Å². The van der Waals surface area contributed by atoms with Crippen molar-refractivity contribution in [2.75, 3.05) is 0 Å². The third kappa shape index (κ3) is 3.70. The number of fused-ring (bicyclic) bond motifs is 3. The Hall–Kier alpha value is -2.09. The molecule has 7 nitrogen and oxygen atoms in total. The molecule has 2 aliphatic heterocycles. The fraction of sp³-hybridized carbons (Fsp3) is 0.444. The lowest BCUT2D eigenvalue weighted by Crippen LogP contribution is -2.31. The van der Waals surface area contributed by atoms with E-state index in [1.54, 1.807) is 19.1 Å². The molecule has 2 aliphatic rings. The van der Waals surface area contributed by atoms with Crippen molar-refractivity contribution in [1.29, 1.82) is 0 Å². The molecule has 4 atom stereocenters. The van der Waals surface area contributed by atoms with Gasteiger partial charge in [-0.25, -0.2) is 4.79 Å². The number of aliphatic hydroxyl groups excluding tert-OH is 1. The summed E-state index contributed by atoms with van der Waals surface area (Å²) in [4.78, 5) is 24.9. The van der Waals surface area contributed by atoms with Crippen LogP contribution in [0.15, 0.2) is 18.2 Å². The lowest BCUT2D eigenvalue weighted by atomic mass is 9.98. The van der Waals surface area contributed by atoms with Gasteiger partial charge in [0.15, 0.2) is 0 Å². The van der Waals surface area contributed by atoms with Crippen LogP contribution in [0.4, 0.5) is 0 Å². The normalized spacial score (nSPS) is 29.3. The first kappa shape index (κ1) is 18.7. The van der Waals surface area contributed by atoms with E-state index in [0.29, 0.717) is 0 Å². The number of hydrogen-bond acceptors (Lipinski definition) is 7. The zero-order valence-electron chi connectivity index (χ0n) is 14.0. The Morgan fingerprint density at radius 1 is 1.19 bits per heavy atom. The zero-order chi connectivity index (χ0) is 19.0. The van der Waals surface area contributed by atoms with Crippen LogP contribution < -0.4 is 0 Å². The van der Waals surface area contributed by atoms with Gasteiger partial charge in [-0.3, -0.25) is 4.79 Å². The molecule has 0 spiro atoms. The summed E-state index contributed by atoms with van der Waals surface area (Å²) in [5, 5.41) is 30.0. The van der Waals surface area contributed by atoms with Gasteiger partial charge in [0.2, 0.25) is 0 Å². The van der Waals surface area contributed by atoms with E-state index in [2.05, 4.69) is 0 Å². The molecule has 1 aromatic rings. The van der Waals surface area contributed by atoms with E-state index >= 15 is 0 Å². The highest BCUT2D eigenvalue weighted by molar-refractivity contribution is 6.33.